The van der Waals surface area contributed by atoms with Crippen molar-refractivity contribution in [2.45, 2.75) is 25.7 Å². The number of sulfonamides is 1. The fraction of sp³-hybridized carbons (Fsp3) is 0.455. The summed E-state index contributed by atoms with van der Waals surface area (Å²) in [6, 6.07) is 4.26. The fourth-order valence-corrected chi connectivity index (χ4v) is 3.91. The Morgan fingerprint density at radius 3 is 2.15 bits per heavy atom. The van der Waals surface area contributed by atoms with Crippen LogP contribution in [0.1, 0.15) is 19.4 Å². The minimum Gasteiger partial charge on any atom is -0.271 e. The SMILES string of the molecule is CCN(CC)S(=O)(=O)Nc1cccc(S(N)(=O)=O)c1C. The number of anilines is 1. The molecule has 0 amide bonds. The molecule has 1 rings (SSSR count). The van der Waals surface area contributed by atoms with E-state index in [0.29, 0.717) is 13.1 Å². The Balaban J connectivity index is 3.25. The summed E-state index contributed by atoms with van der Waals surface area (Å²) < 4.78 is 50.6. The molecule has 114 valence electrons. The van der Waals surface area contributed by atoms with Gasteiger partial charge in [-0.1, -0.05) is 19.9 Å². The van der Waals surface area contributed by atoms with Crippen LogP contribution in [0.4, 0.5) is 5.69 Å². The van der Waals surface area contributed by atoms with Gasteiger partial charge in [0.25, 0.3) is 0 Å². The van der Waals surface area contributed by atoms with Crippen molar-refractivity contribution in [1.29, 1.82) is 0 Å². The molecule has 0 unspecified atom stereocenters. The lowest BCUT2D eigenvalue weighted by molar-refractivity contribution is 0.449. The third kappa shape index (κ3) is 3.69. The van der Waals surface area contributed by atoms with Crippen molar-refractivity contribution in [2.24, 2.45) is 5.14 Å². The summed E-state index contributed by atoms with van der Waals surface area (Å²) in [6.07, 6.45) is 0. The number of hydrogen-bond acceptors (Lipinski definition) is 4. The van der Waals surface area contributed by atoms with Crippen molar-refractivity contribution in [2.75, 3.05) is 17.8 Å². The Hall–Kier alpha value is -1.16. The average Bonchev–Trinajstić information content (AvgIpc) is 2.31. The Morgan fingerprint density at radius 2 is 1.70 bits per heavy atom. The molecular weight excluding hydrogens is 302 g/mol. The van der Waals surface area contributed by atoms with Crippen molar-refractivity contribution in [3.63, 3.8) is 0 Å². The van der Waals surface area contributed by atoms with Crippen LogP contribution >= 0.6 is 0 Å². The standard InChI is InChI=1S/C11H19N3O4S2/c1-4-14(5-2)20(17,18)13-10-7-6-8-11(9(10)3)19(12,15)16/h6-8,13H,4-5H2,1-3H3,(H2,12,15,16). The lowest BCUT2D eigenvalue weighted by Crippen LogP contribution is -2.35. The van der Waals surface area contributed by atoms with E-state index in [4.69, 9.17) is 5.14 Å². The van der Waals surface area contributed by atoms with Crippen molar-refractivity contribution >= 4 is 25.9 Å². The van der Waals surface area contributed by atoms with E-state index in [-0.39, 0.29) is 16.1 Å². The zero-order chi connectivity index (χ0) is 15.6. The van der Waals surface area contributed by atoms with Gasteiger partial charge in [0.1, 0.15) is 0 Å². The molecule has 0 aliphatic rings. The van der Waals surface area contributed by atoms with Gasteiger partial charge in [-0.05, 0) is 24.6 Å². The first-order valence-corrected chi connectivity index (χ1v) is 9.02. The highest BCUT2D eigenvalue weighted by molar-refractivity contribution is 7.90. The Labute approximate surface area is 120 Å². The summed E-state index contributed by atoms with van der Waals surface area (Å²) in [5.41, 5.74) is 0.467. The third-order valence-electron chi connectivity index (χ3n) is 2.87. The molecular formula is C11H19N3O4S2. The average molecular weight is 321 g/mol. The van der Waals surface area contributed by atoms with E-state index in [1.54, 1.807) is 13.8 Å². The molecule has 0 heterocycles. The number of nitrogens with two attached hydrogens (primary N) is 1. The van der Waals surface area contributed by atoms with Crippen LogP contribution < -0.4 is 9.86 Å². The predicted molar refractivity (Wildman–Crippen MR) is 78.0 cm³/mol. The maximum Gasteiger partial charge on any atom is 0.301 e. The van der Waals surface area contributed by atoms with Crippen LogP contribution in [0.2, 0.25) is 0 Å². The molecule has 20 heavy (non-hydrogen) atoms. The molecule has 0 aliphatic carbocycles. The Kier molecular flexibility index (Phi) is 5.14. The number of nitrogens with one attached hydrogen (secondary N) is 1. The van der Waals surface area contributed by atoms with Crippen LogP contribution in [0.5, 0.6) is 0 Å². The highest BCUT2D eigenvalue weighted by Crippen LogP contribution is 2.23. The van der Waals surface area contributed by atoms with Gasteiger partial charge in [-0.25, -0.2) is 13.6 Å². The highest BCUT2D eigenvalue weighted by atomic mass is 32.2. The number of rotatable bonds is 6. The molecule has 0 bridgehead atoms. The first-order valence-electron chi connectivity index (χ1n) is 6.03. The summed E-state index contributed by atoms with van der Waals surface area (Å²) >= 11 is 0. The molecule has 0 atom stereocenters. The second kappa shape index (κ2) is 6.08. The van der Waals surface area contributed by atoms with Crippen molar-refractivity contribution in [3.8, 4) is 0 Å². The minimum atomic E-state index is -3.89. The van der Waals surface area contributed by atoms with E-state index in [9.17, 15) is 16.8 Å². The van der Waals surface area contributed by atoms with Gasteiger partial charge in [0.2, 0.25) is 10.0 Å². The van der Waals surface area contributed by atoms with Crippen LogP contribution in [-0.4, -0.2) is 34.2 Å². The Bertz CT molecular complexity index is 680. The Morgan fingerprint density at radius 1 is 1.15 bits per heavy atom. The van der Waals surface area contributed by atoms with Gasteiger partial charge in [-0.3, -0.25) is 4.72 Å². The highest BCUT2D eigenvalue weighted by Gasteiger charge is 2.21. The zero-order valence-corrected chi connectivity index (χ0v) is 13.3. The molecule has 7 nitrogen and oxygen atoms in total. The van der Waals surface area contributed by atoms with Gasteiger partial charge in [0, 0.05) is 13.1 Å². The van der Waals surface area contributed by atoms with E-state index in [1.807, 2.05) is 0 Å². The van der Waals surface area contributed by atoms with Crippen molar-refractivity contribution in [1.82, 2.24) is 4.31 Å². The third-order valence-corrected chi connectivity index (χ3v) is 5.60. The molecule has 0 saturated carbocycles. The summed E-state index contributed by atoms with van der Waals surface area (Å²) in [5, 5.41) is 5.09. The van der Waals surface area contributed by atoms with Crippen LogP contribution in [0.3, 0.4) is 0 Å². The normalized spacial score (nSPS) is 12.7. The van der Waals surface area contributed by atoms with Gasteiger partial charge in [-0.2, -0.15) is 12.7 Å². The van der Waals surface area contributed by atoms with Crippen LogP contribution in [0.15, 0.2) is 23.1 Å². The van der Waals surface area contributed by atoms with Gasteiger partial charge in [0.05, 0.1) is 10.6 Å². The maximum absolute atomic E-state index is 12.1. The summed E-state index contributed by atoms with van der Waals surface area (Å²) in [5.74, 6) is 0. The lowest BCUT2D eigenvalue weighted by Gasteiger charge is -2.20. The van der Waals surface area contributed by atoms with Crippen LogP contribution in [-0.2, 0) is 20.2 Å². The maximum atomic E-state index is 12.1. The van der Waals surface area contributed by atoms with E-state index in [1.165, 1.54) is 29.4 Å². The summed E-state index contributed by atoms with van der Waals surface area (Å²) in [7, 11) is -7.60. The molecule has 0 fully saturated rings. The second-order valence-electron chi connectivity index (χ2n) is 4.17. The number of benzene rings is 1. The number of nitrogens with zero attached hydrogens (tertiary/aromatic N) is 1. The van der Waals surface area contributed by atoms with Crippen LogP contribution in [0, 0.1) is 6.92 Å². The second-order valence-corrected chi connectivity index (χ2v) is 7.37. The predicted octanol–water partition coefficient (Wildman–Crippen LogP) is 0.641. The van der Waals surface area contributed by atoms with Gasteiger partial charge >= 0.3 is 10.2 Å². The van der Waals surface area contributed by atoms with E-state index in [0.717, 1.165) is 0 Å². The van der Waals surface area contributed by atoms with Crippen LogP contribution in [0.25, 0.3) is 0 Å². The van der Waals surface area contributed by atoms with Crippen molar-refractivity contribution < 1.29 is 16.8 Å². The van der Waals surface area contributed by atoms with Gasteiger partial charge < -0.3 is 0 Å². The first kappa shape index (κ1) is 16.9. The molecule has 0 saturated heterocycles. The number of primary sulfonamides is 1. The smallest absolute Gasteiger partial charge is 0.271 e. The molecule has 1 aromatic carbocycles. The molecule has 3 N–H and O–H groups in total. The van der Waals surface area contributed by atoms with E-state index < -0.39 is 20.2 Å². The molecule has 1 aromatic rings. The topological polar surface area (TPSA) is 110 Å². The van der Waals surface area contributed by atoms with E-state index in [2.05, 4.69) is 4.72 Å². The van der Waals surface area contributed by atoms with E-state index >= 15 is 0 Å². The van der Waals surface area contributed by atoms with Gasteiger partial charge in [0.15, 0.2) is 0 Å². The quantitative estimate of drug-likeness (QED) is 0.801. The van der Waals surface area contributed by atoms with Gasteiger partial charge in [-0.15, -0.1) is 0 Å². The van der Waals surface area contributed by atoms with Crippen molar-refractivity contribution in [3.05, 3.63) is 23.8 Å². The minimum absolute atomic E-state index is 0.0998. The first-order chi connectivity index (χ1) is 9.13. The molecule has 0 spiro atoms. The molecule has 0 aliphatic heterocycles. The molecule has 0 radical (unpaired) electrons. The zero-order valence-electron chi connectivity index (χ0n) is 11.6. The summed E-state index contributed by atoms with van der Waals surface area (Å²) in [6.45, 7) is 5.58. The monoisotopic (exact) mass is 321 g/mol. The fourth-order valence-electron chi connectivity index (χ4n) is 1.80. The molecule has 0 aromatic heterocycles. The lowest BCUT2D eigenvalue weighted by atomic mass is 10.2. The summed E-state index contributed by atoms with van der Waals surface area (Å²) in [4.78, 5) is -0.0998. The molecule has 9 heteroatoms. The largest absolute Gasteiger partial charge is 0.301 e. The number of hydrogen-bond donors (Lipinski definition) is 2.